The van der Waals surface area contributed by atoms with Crippen LogP contribution in [0.1, 0.15) is 29.5 Å². The molecule has 0 spiro atoms. The maximum absolute atomic E-state index is 12.5. The van der Waals surface area contributed by atoms with E-state index in [1.807, 2.05) is 44.2 Å². The number of carbonyl (C=O) groups is 2. The van der Waals surface area contributed by atoms with Gasteiger partial charge in [-0.15, -0.1) is 0 Å². The molecular weight excluding hydrogens is 352 g/mol. The molecular formula is C20H21ClN2O3. The molecule has 0 bridgehead atoms. The molecule has 5 nitrogen and oxygen atoms in total. The van der Waals surface area contributed by atoms with Crippen molar-refractivity contribution in [3.8, 4) is 5.75 Å². The van der Waals surface area contributed by atoms with Crippen LogP contribution in [0.3, 0.4) is 0 Å². The number of amides is 2. The highest BCUT2D eigenvalue weighted by molar-refractivity contribution is 6.30. The molecule has 0 unspecified atom stereocenters. The number of nitrogens with one attached hydrogen (secondary N) is 2. The van der Waals surface area contributed by atoms with Crippen LogP contribution in [0.25, 0.3) is 0 Å². The maximum Gasteiger partial charge on any atom is 0.276 e. The van der Waals surface area contributed by atoms with Gasteiger partial charge in [0.25, 0.3) is 5.91 Å². The molecule has 2 aromatic carbocycles. The van der Waals surface area contributed by atoms with E-state index in [9.17, 15) is 9.59 Å². The van der Waals surface area contributed by atoms with Gasteiger partial charge in [-0.1, -0.05) is 35.9 Å². The fraction of sp³-hybridized carbons (Fsp3) is 0.300. The van der Waals surface area contributed by atoms with Gasteiger partial charge in [-0.25, -0.2) is 0 Å². The largest absolute Gasteiger partial charge is 0.483 e. The smallest absolute Gasteiger partial charge is 0.276 e. The molecule has 0 aromatic heterocycles. The van der Waals surface area contributed by atoms with E-state index >= 15 is 0 Å². The van der Waals surface area contributed by atoms with Crippen molar-refractivity contribution < 1.29 is 14.3 Å². The number of carbonyl (C=O) groups excluding carboxylic acids is 2. The van der Waals surface area contributed by atoms with Gasteiger partial charge in [-0.2, -0.15) is 0 Å². The number of aryl methyl sites for hydroxylation is 2. The topological polar surface area (TPSA) is 67.4 Å². The zero-order chi connectivity index (χ0) is 18.7. The number of rotatable bonds is 5. The molecule has 2 aromatic rings. The van der Waals surface area contributed by atoms with Crippen LogP contribution in [0.4, 0.5) is 0 Å². The van der Waals surface area contributed by atoms with Gasteiger partial charge in [-0.05, 0) is 61.6 Å². The summed E-state index contributed by atoms with van der Waals surface area (Å²) in [5, 5.41) is 0.627. The Bertz CT molecular complexity index is 829. The van der Waals surface area contributed by atoms with Crippen LogP contribution in [-0.4, -0.2) is 18.4 Å². The minimum atomic E-state index is -0.578. The lowest BCUT2D eigenvalue weighted by atomic mass is 9.95. The van der Waals surface area contributed by atoms with E-state index in [2.05, 4.69) is 10.9 Å². The van der Waals surface area contributed by atoms with E-state index < -0.39 is 11.3 Å². The number of ether oxygens (including phenoxy) is 1. The van der Waals surface area contributed by atoms with Gasteiger partial charge in [0.1, 0.15) is 5.75 Å². The standard InChI is InChI=1S/C20H21ClN2O3/c1-13-3-4-14(2)17(11-13)26-12-18(24)22-23-19(25)20(9-10-20)15-5-7-16(21)8-6-15/h3-8,11H,9-10,12H2,1-2H3,(H,22,24)(H,23,25). The first kappa shape index (κ1) is 18.3. The fourth-order valence-electron chi connectivity index (χ4n) is 2.83. The molecule has 0 radical (unpaired) electrons. The fourth-order valence-corrected chi connectivity index (χ4v) is 2.96. The Balaban J connectivity index is 1.52. The van der Waals surface area contributed by atoms with Gasteiger partial charge in [0.05, 0.1) is 5.41 Å². The van der Waals surface area contributed by atoms with E-state index in [-0.39, 0.29) is 12.5 Å². The number of hydrogen-bond donors (Lipinski definition) is 2. The van der Waals surface area contributed by atoms with Crippen molar-refractivity contribution in [2.45, 2.75) is 32.1 Å². The van der Waals surface area contributed by atoms with Gasteiger partial charge in [0.15, 0.2) is 6.61 Å². The molecule has 0 heterocycles. The first-order valence-corrected chi connectivity index (χ1v) is 8.84. The second-order valence-electron chi connectivity index (χ2n) is 6.65. The van der Waals surface area contributed by atoms with Crippen LogP contribution in [-0.2, 0) is 15.0 Å². The lowest BCUT2D eigenvalue weighted by molar-refractivity contribution is -0.131. The third-order valence-electron chi connectivity index (χ3n) is 4.60. The summed E-state index contributed by atoms with van der Waals surface area (Å²) in [6, 6.07) is 13.0. The number of halogens is 1. The van der Waals surface area contributed by atoms with Crippen LogP contribution >= 0.6 is 11.6 Å². The molecule has 3 rings (SSSR count). The number of benzene rings is 2. The summed E-state index contributed by atoms with van der Waals surface area (Å²) in [7, 11) is 0. The molecule has 1 aliphatic rings. The highest BCUT2D eigenvalue weighted by atomic mass is 35.5. The van der Waals surface area contributed by atoms with Crippen LogP contribution < -0.4 is 15.6 Å². The molecule has 1 saturated carbocycles. The lowest BCUT2D eigenvalue weighted by Gasteiger charge is -2.16. The minimum Gasteiger partial charge on any atom is -0.483 e. The van der Waals surface area contributed by atoms with Crippen molar-refractivity contribution in [1.82, 2.24) is 10.9 Å². The number of hydrogen-bond acceptors (Lipinski definition) is 3. The zero-order valence-corrected chi connectivity index (χ0v) is 15.5. The molecule has 26 heavy (non-hydrogen) atoms. The molecule has 0 atom stereocenters. The molecule has 2 N–H and O–H groups in total. The average Bonchev–Trinajstić information content (AvgIpc) is 3.43. The summed E-state index contributed by atoms with van der Waals surface area (Å²) >= 11 is 5.90. The predicted molar refractivity (Wildman–Crippen MR) is 100 cm³/mol. The van der Waals surface area contributed by atoms with E-state index in [1.54, 1.807) is 12.1 Å². The van der Waals surface area contributed by atoms with Crippen molar-refractivity contribution in [2.24, 2.45) is 0 Å². The van der Waals surface area contributed by atoms with Gasteiger partial charge >= 0.3 is 0 Å². The van der Waals surface area contributed by atoms with Crippen LogP contribution in [0.2, 0.25) is 5.02 Å². The Morgan fingerprint density at radius 2 is 1.77 bits per heavy atom. The maximum atomic E-state index is 12.5. The Morgan fingerprint density at radius 3 is 2.42 bits per heavy atom. The van der Waals surface area contributed by atoms with E-state index in [4.69, 9.17) is 16.3 Å². The summed E-state index contributed by atoms with van der Waals surface area (Å²) in [4.78, 5) is 24.5. The molecule has 0 aliphatic heterocycles. The van der Waals surface area contributed by atoms with Crippen molar-refractivity contribution in [3.63, 3.8) is 0 Å². The molecule has 1 aliphatic carbocycles. The molecule has 0 saturated heterocycles. The van der Waals surface area contributed by atoms with Crippen LogP contribution in [0.5, 0.6) is 5.75 Å². The van der Waals surface area contributed by atoms with Crippen molar-refractivity contribution in [1.29, 1.82) is 0 Å². The van der Waals surface area contributed by atoms with E-state index in [1.165, 1.54) is 0 Å². The van der Waals surface area contributed by atoms with Gasteiger partial charge in [-0.3, -0.25) is 20.4 Å². The number of hydrazine groups is 1. The first-order valence-electron chi connectivity index (χ1n) is 8.46. The Morgan fingerprint density at radius 1 is 1.08 bits per heavy atom. The highest BCUT2D eigenvalue weighted by Crippen LogP contribution is 2.48. The Labute approximate surface area is 157 Å². The SMILES string of the molecule is Cc1ccc(C)c(OCC(=O)NNC(=O)C2(c3ccc(Cl)cc3)CC2)c1. The summed E-state index contributed by atoms with van der Waals surface area (Å²) < 4.78 is 5.53. The summed E-state index contributed by atoms with van der Waals surface area (Å²) in [5.74, 6) is 0.0253. The van der Waals surface area contributed by atoms with Gasteiger partial charge in [0.2, 0.25) is 5.91 Å². The van der Waals surface area contributed by atoms with E-state index in [0.29, 0.717) is 10.8 Å². The van der Waals surface area contributed by atoms with Crippen molar-refractivity contribution in [2.75, 3.05) is 6.61 Å². The van der Waals surface area contributed by atoms with Crippen LogP contribution in [0, 0.1) is 13.8 Å². The molecule has 136 valence electrons. The Kier molecular flexibility index (Phi) is 5.18. The summed E-state index contributed by atoms with van der Waals surface area (Å²) in [6.07, 6.45) is 1.49. The molecule has 1 fully saturated rings. The van der Waals surface area contributed by atoms with Crippen molar-refractivity contribution in [3.05, 3.63) is 64.2 Å². The van der Waals surface area contributed by atoms with Gasteiger partial charge < -0.3 is 4.74 Å². The van der Waals surface area contributed by atoms with Crippen LogP contribution in [0.15, 0.2) is 42.5 Å². The molecule has 6 heteroatoms. The minimum absolute atomic E-state index is 0.168. The first-order chi connectivity index (χ1) is 12.4. The van der Waals surface area contributed by atoms with Gasteiger partial charge in [0, 0.05) is 5.02 Å². The quantitative estimate of drug-likeness (QED) is 0.792. The lowest BCUT2D eigenvalue weighted by Crippen LogP contribution is -2.48. The summed E-state index contributed by atoms with van der Waals surface area (Å²) in [5.41, 5.74) is 7.26. The normalized spacial score (nSPS) is 14.4. The van der Waals surface area contributed by atoms with E-state index in [0.717, 1.165) is 29.5 Å². The zero-order valence-electron chi connectivity index (χ0n) is 14.8. The second kappa shape index (κ2) is 7.38. The second-order valence-corrected chi connectivity index (χ2v) is 7.09. The van der Waals surface area contributed by atoms with Crippen molar-refractivity contribution >= 4 is 23.4 Å². The highest BCUT2D eigenvalue weighted by Gasteiger charge is 2.51. The summed E-state index contributed by atoms with van der Waals surface area (Å²) in [6.45, 7) is 3.70. The third kappa shape index (κ3) is 3.99. The Hall–Kier alpha value is -2.53. The monoisotopic (exact) mass is 372 g/mol. The molecule has 2 amide bonds. The predicted octanol–water partition coefficient (Wildman–Crippen LogP) is 3.21. The third-order valence-corrected chi connectivity index (χ3v) is 4.85. The average molecular weight is 373 g/mol.